The average molecular weight is 243 g/mol. The summed E-state index contributed by atoms with van der Waals surface area (Å²) in [5.41, 5.74) is 10.7. The van der Waals surface area contributed by atoms with E-state index in [9.17, 15) is 0 Å². The van der Waals surface area contributed by atoms with Crippen molar-refractivity contribution in [2.45, 2.75) is 31.7 Å². The fourth-order valence-corrected chi connectivity index (χ4v) is 3.34. The van der Waals surface area contributed by atoms with Crippen LogP contribution in [0, 0.1) is 0 Å². The van der Waals surface area contributed by atoms with E-state index in [0.717, 1.165) is 6.42 Å². The molecule has 1 aliphatic rings. The summed E-state index contributed by atoms with van der Waals surface area (Å²) in [7, 11) is 0. The number of aryl methyl sites for hydroxylation is 2. The Morgan fingerprint density at radius 2 is 2.06 bits per heavy atom. The zero-order valence-corrected chi connectivity index (χ0v) is 10.7. The molecule has 88 valence electrons. The van der Waals surface area contributed by atoms with Gasteiger partial charge in [-0.25, -0.2) is 0 Å². The van der Waals surface area contributed by atoms with E-state index in [1.165, 1.54) is 29.7 Å². The summed E-state index contributed by atoms with van der Waals surface area (Å²) in [5, 5.41) is 2.10. The smallest absolute Gasteiger partial charge is 0.0430 e. The number of rotatable bonds is 3. The Hall–Kier alpha value is -1.12. The summed E-state index contributed by atoms with van der Waals surface area (Å²) in [6, 6.07) is 11.2. The molecular formula is C15H17NS. The van der Waals surface area contributed by atoms with Crippen LogP contribution in [-0.2, 0) is 19.3 Å². The molecule has 0 saturated heterocycles. The molecule has 0 bridgehead atoms. The minimum atomic E-state index is 0.148. The van der Waals surface area contributed by atoms with Gasteiger partial charge in [-0.2, -0.15) is 0 Å². The van der Waals surface area contributed by atoms with Crippen molar-refractivity contribution in [2.75, 3.05) is 0 Å². The van der Waals surface area contributed by atoms with Gasteiger partial charge in [-0.05, 0) is 53.8 Å². The fourth-order valence-electron chi connectivity index (χ4n) is 2.61. The van der Waals surface area contributed by atoms with Crippen LogP contribution >= 0.6 is 11.3 Å². The predicted molar refractivity (Wildman–Crippen MR) is 73.4 cm³/mol. The van der Waals surface area contributed by atoms with E-state index in [0.29, 0.717) is 0 Å². The molecule has 17 heavy (non-hydrogen) atoms. The highest BCUT2D eigenvalue weighted by atomic mass is 32.1. The third-order valence-electron chi connectivity index (χ3n) is 3.53. The van der Waals surface area contributed by atoms with Gasteiger partial charge in [0.25, 0.3) is 0 Å². The first-order chi connectivity index (χ1) is 8.33. The third kappa shape index (κ3) is 2.28. The van der Waals surface area contributed by atoms with Gasteiger partial charge >= 0.3 is 0 Å². The first-order valence-electron chi connectivity index (χ1n) is 6.22. The van der Waals surface area contributed by atoms with E-state index in [4.69, 9.17) is 5.73 Å². The van der Waals surface area contributed by atoms with Crippen molar-refractivity contribution in [2.24, 2.45) is 5.73 Å². The van der Waals surface area contributed by atoms with E-state index in [2.05, 4.69) is 35.7 Å². The van der Waals surface area contributed by atoms with Crippen LogP contribution in [0.25, 0.3) is 0 Å². The van der Waals surface area contributed by atoms with Gasteiger partial charge in [-0.15, -0.1) is 11.3 Å². The monoisotopic (exact) mass is 243 g/mol. The van der Waals surface area contributed by atoms with Gasteiger partial charge in [0.1, 0.15) is 0 Å². The minimum Gasteiger partial charge on any atom is -0.323 e. The molecule has 1 aliphatic carbocycles. The van der Waals surface area contributed by atoms with Crippen molar-refractivity contribution in [3.8, 4) is 0 Å². The molecule has 1 aromatic carbocycles. The second kappa shape index (κ2) is 4.63. The van der Waals surface area contributed by atoms with E-state index in [1.54, 1.807) is 22.5 Å². The highest BCUT2D eigenvalue weighted by molar-refractivity contribution is 7.10. The lowest BCUT2D eigenvalue weighted by Gasteiger charge is -2.11. The van der Waals surface area contributed by atoms with Crippen LogP contribution in [0.1, 0.15) is 34.0 Å². The molecule has 0 amide bonds. The average Bonchev–Trinajstić information content (AvgIpc) is 2.99. The van der Waals surface area contributed by atoms with Crippen LogP contribution in [0.5, 0.6) is 0 Å². The Labute approximate surface area is 106 Å². The molecule has 1 atom stereocenters. The number of fused-ring (bicyclic) bond motifs is 1. The van der Waals surface area contributed by atoms with Gasteiger partial charge in [0, 0.05) is 10.9 Å². The molecule has 2 heteroatoms. The Morgan fingerprint density at radius 1 is 1.18 bits per heavy atom. The van der Waals surface area contributed by atoms with Gasteiger partial charge < -0.3 is 5.73 Å². The molecular weight excluding hydrogens is 226 g/mol. The second-order valence-corrected chi connectivity index (χ2v) is 5.76. The second-order valence-electron chi connectivity index (χ2n) is 4.78. The lowest BCUT2D eigenvalue weighted by molar-refractivity contribution is 0.736. The molecule has 3 rings (SSSR count). The largest absolute Gasteiger partial charge is 0.323 e. The van der Waals surface area contributed by atoms with Crippen LogP contribution in [-0.4, -0.2) is 0 Å². The molecule has 1 heterocycles. The summed E-state index contributed by atoms with van der Waals surface area (Å²) in [6.07, 6.45) is 4.77. The first kappa shape index (κ1) is 11.0. The SMILES string of the molecule is NC(Cc1ccc2c(c1)CCC2)c1cccs1. The summed E-state index contributed by atoms with van der Waals surface area (Å²) >= 11 is 1.75. The van der Waals surface area contributed by atoms with Gasteiger partial charge in [0.15, 0.2) is 0 Å². The van der Waals surface area contributed by atoms with E-state index in [1.807, 2.05) is 0 Å². The summed E-state index contributed by atoms with van der Waals surface area (Å²) in [6.45, 7) is 0. The van der Waals surface area contributed by atoms with Crippen LogP contribution in [0.15, 0.2) is 35.7 Å². The number of benzene rings is 1. The maximum absolute atomic E-state index is 6.23. The standard InChI is InChI=1S/C15H17NS/c16-14(15-5-2-8-17-15)10-11-6-7-12-3-1-4-13(12)9-11/h2,5-9,14H,1,3-4,10,16H2. The van der Waals surface area contributed by atoms with Crippen LogP contribution in [0.3, 0.4) is 0 Å². The van der Waals surface area contributed by atoms with Gasteiger partial charge in [0.05, 0.1) is 0 Å². The summed E-state index contributed by atoms with van der Waals surface area (Å²) in [5.74, 6) is 0. The maximum Gasteiger partial charge on any atom is 0.0430 e. The molecule has 1 unspecified atom stereocenters. The quantitative estimate of drug-likeness (QED) is 0.877. The van der Waals surface area contributed by atoms with Gasteiger partial charge in [0.2, 0.25) is 0 Å². The maximum atomic E-state index is 6.23. The predicted octanol–water partition coefficient (Wildman–Crippen LogP) is 3.48. The summed E-state index contributed by atoms with van der Waals surface area (Å²) < 4.78 is 0. The molecule has 0 aliphatic heterocycles. The lowest BCUT2D eigenvalue weighted by atomic mass is 10.0. The molecule has 0 saturated carbocycles. The van der Waals surface area contributed by atoms with Crippen LogP contribution < -0.4 is 5.73 Å². The normalized spacial score (nSPS) is 15.8. The Balaban J connectivity index is 1.77. The van der Waals surface area contributed by atoms with Crippen molar-refractivity contribution in [1.82, 2.24) is 0 Å². The third-order valence-corrected chi connectivity index (χ3v) is 4.53. The van der Waals surface area contributed by atoms with E-state index < -0.39 is 0 Å². The van der Waals surface area contributed by atoms with Crippen molar-refractivity contribution < 1.29 is 0 Å². The molecule has 0 fully saturated rings. The highest BCUT2D eigenvalue weighted by Crippen LogP contribution is 2.26. The molecule has 0 radical (unpaired) electrons. The Kier molecular flexibility index (Phi) is 3.00. The van der Waals surface area contributed by atoms with Gasteiger partial charge in [-0.3, -0.25) is 0 Å². The molecule has 1 nitrogen and oxygen atoms in total. The van der Waals surface area contributed by atoms with Gasteiger partial charge in [-0.1, -0.05) is 24.3 Å². The number of thiophene rings is 1. The fraction of sp³-hybridized carbons (Fsp3) is 0.333. The van der Waals surface area contributed by atoms with E-state index in [-0.39, 0.29) is 6.04 Å². The van der Waals surface area contributed by atoms with Crippen molar-refractivity contribution >= 4 is 11.3 Å². The first-order valence-corrected chi connectivity index (χ1v) is 7.10. The molecule has 2 N–H and O–H groups in total. The number of hydrogen-bond acceptors (Lipinski definition) is 2. The zero-order valence-electron chi connectivity index (χ0n) is 9.86. The minimum absolute atomic E-state index is 0.148. The highest BCUT2D eigenvalue weighted by Gasteiger charge is 2.13. The molecule has 0 spiro atoms. The van der Waals surface area contributed by atoms with Crippen molar-refractivity contribution in [1.29, 1.82) is 0 Å². The lowest BCUT2D eigenvalue weighted by Crippen LogP contribution is -2.11. The van der Waals surface area contributed by atoms with Crippen LogP contribution in [0.4, 0.5) is 0 Å². The molecule has 2 aromatic rings. The summed E-state index contributed by atoms with van der Waals surface area (Å²) in [4.78, 5) is 1.28. The van der Waals surface area contributed by atoms with Crippen molar-refractivity contribution in [3.63, 3.8) is 0 Å². The Morgan fingerprint density at radius 3 is 2.88 bits per heavy atom. The van der Waals surface area contributed by atoms with Crippen molar-refractivity contribution in [3.05, 3.63) is 57.3 Å². The molecule has 1 aromatic heterocycles. The topological polar surface area (TPSA) is 26.0 Å². The van der Waals surface area contributed by atoms with Crippen LogP contribution in [0.2, 0.25) is 0 Å². The number of hydrogen-bond donors (Lipinski definition) is 1. The zero-order chi connectivity index (χ0) is 11.7. The van der Waals surface area contributed by atoms with E-state index >= 15 is 0 Å². The Bertz CT molecular complexity index is 502. The number of nitrogens with two attached hydrogens (primary N) is 1.